The molecule has 0 fully saturated rings. The Labute approximate surface area is 170 Å². The van der Waals surface area contributed by atoms with Crippen molar-refractivity contribution in [2.75, 3.05) is 11.1 Å². The molecule has 0 bridgehead atoms. The summed E-state index contributed by atoms with van der Waals surface area (Å²) in [5.41, 5.74) is 1.54. The molecular weight excluding hydrogens is 398 g/mol. The summed E-state index contributed by atoms with van der Waals surface area (Å²) < 4.78 is 2.02. The van der Waals surface area contributed by atoms with Crippen molar-refractivity contribution in [2.24, 2.45) is 0 Å². The first-order valence-corrected chi connectivity index (χ1v) is 11.2. The number of thioether (sulfide) groups is 1. The maximum atomic E-state index is 12.2. The number of hydrogen-bond acceptors (Lipinski definition) is 7. The summed E-state index contributed by atoms with van der Waals surface area (Å²) in [6.07, 6.45) is 0. The Bertz CT molecular complexity index is 979. The fraction of sp³-hybridized carbons (Fsp3) is 0.333. The van der Waals surface area contributed by atoms with E-state index in [1.54, 1.807) is 22.8 Å². The van der Waals surface area contributed by atoms with Gasteiger partial charge in [0.25, 0.3) is 0 Å². The highest BCUT2D eigenvalue weighted by atomic mass is 32.2. The Balaban J connectivity index is 1.69. The molecular formula is C18H19N5OS3. The Morgan fingerprint density at radius 3 is 2.89 bits per heavy atom. The molecule has 3 aromatic rings. The van der Waals surface area contributed by atoms with Gasteiger partial charge in [0.15, 0.2) is 11.0 Å². The monoisotopic (exact) mass is 417 g/mol. The van der Waals surface area contributed by atoms with Crippen LogP contribution >= 0.6 is 34.4 Å². The molecule has 27 heavy (non-hydrogen) atoms. The highest BCUT2D eigenvalue weighted by Crippen LogP contribution is 2.31. The molecule has 0 aliphatic carbocycles. The second kappa shape index (κ2) is 8.69. The van der Waals surface area contributed by atoms with Gasteiger partial charge in [-0.05, 0) is 30.4 Å². The second-order valence-electron chi connectivity index (χ2n) is 6.05. The van der Waals surface area contributed by atoms with Gasteiger partial charge >= 0.3 is 0 Å². The van der Waals surface area contributed by atoms with Crippen LogP contribution in [0.3, 0.4) is 0 Å². The average molecular weight is 418 g/mol. The number of carbonyl (C=O) groups excluding carboxylic acids is 1. The van der Waals surface area contributed by atoms with Crippen LogP contribution in [0.5, 0.6) is 0 Å². The molecule has 6 nitrogen and oxygen atoms in total. The Kier molecular flexibility index (Phi) is 6.31. The van der Waals surface area contributed by atoms with E-state index in [1.165, 1.54) is 28.0 Å². The molecule has 0 aliphatic heterocycles. The van der Waals surface area contributed by atoms with Crippen LogP contribution in [0.15, 0.2) is 28.0 Å². The molecule has 3 heterocycles. The van der Waals surface area contributed by atoms with Crippen LogP contribution in [0.4, 0.5) is 5.00 Å². The molecule has 3 aromatic heterocycles. The molecule has 1 N–H and O–H groups in total. The third-order valence-electron chi connectivity index (χ3n) is 3.85. The number of hydrogen-bond donors (Lipinski definition) is 1. The minimum absolute atomic E-state index is 0.163. The summed E-state index contributed by atoms with van der Waals surface area (Å²) in [7, 11) is 0. The second-order valence-corrected chi connectivity index (χ2v) is 8.86. The number of nitrogens with one attached hydrogen (secondary N) is 1. The summed E-state index contributed by atoms with van der Waals surface area (Å²) in [6, 6.07) is 5.92. The lowest BCUT2D eigenvalue weighted by Gasteiger charge is -2.06. The fourth-order valence-corrected chi connectivity index (χ4v) is 4.91. The predicted octanol–water partition coefficient (Wildman–Crippen LogP) is 4.81. The molecule has 0 atom stereocenters. The number of aromatic nitrogens is 3. The van der Waals surface area contributed by atoms with Crippen molar-refractivity contribution in [1.29, 1.82) is 5.26 Å². The van der Waals surface area contributed by atoms with E-state index in [9.17, 15) is 4.79 Å². The van der Waals surface area contributed by atoms with Gasteiger partial charge in [0.2, 0.25) is 5.91 Å². The van der Waals surface area contributed by atoms with Crippen LogP contribution in [0.1, 0.15) is 37.1 Å². The predicted molar refractivity (Wildman–Crippen MR) is 111 cm³/mol. The summed E-state index contributed by atoms with van der Waals surface area (Å²) in [5, 5.41) is 25.6. The van der Waals surface area contributed by atoms with Crippen LogP contribution in [0, 0.1) is 11.3 Å². The van der Waals surface area contributed by atoms with Crippen LogP contribution in [0.25, 0.3) is 11.4 Å². The summed E-state index contributed by atoms with van der Waals surface area (Å²) in [5.74, 6) is 1.36. The first-order chi connectivity index (χ1) is 13.0. The van der Waals surface area contributed by atoms with E-state index in [2.05, 4.69) is 46.9 Å². The average Bonchev–Trinajstić information content (AvgIpc) is 3.38. The molecule has 0 spiro atoms. The summed E-state index contributed by atoms with van der Waals surface area (Å²) in [6.45, 7) is 7.11. The van der Waals surface area contributed by atoms with Gasteiger partial charge in [-0.1, -0.05) is 25.6 Å². The third-order valence-corrected chi connectivity index (χ3v) is 6.88. The largest absolute Gasteiger partial charge is 0.316 e. The molecule has 0 saturated carbocycles. The zero-order valence-corrected chi connectivity index (χ0v) is 17.7. The van der Waals surface area contributed by atoms with Crippen LogP contribution in [-0.2, 0) is 11.3 Å². The first-order valence-electron chi connectivity index (χ1n) is 8.45. The number of nitrogens with zero attached hydrogens (tertiary/aromatic N) is 4. The lowest BCUT2D eigenvalue weighted by molar-refractivity contribution is -0.113. The quantitative estimate of drug-likeness (QED) is 0.558. The van der Waals surface area contributed by atoms with Gasteiger partial charge in [-0.25, -0.2) is 0 Å². The molecule has 9 heteroatoms. The van der Waals surface area contributed by atoms with E-state index in [0.29, 0.717) is 21.6 Å². The minimum Gasteiger partial charge on any atom is -0.316 e. The van der Waals surface area contributed by atoms with Gasteiger partial charge in [-0.15, -0.1) is 32.9 Å². The Hall–Kier alpha value is -2.15. The summed E-state index contributed by atoms with van der Waals surface area (Å²) in [4.78, 5) is 13.5. The molecule has 0 radical (unpaired) electrons. The number of thiophene rings is 2. The van der Waals surface area contributed by atoms with E-state index < -0.39 is 0 Å². The number of amides is 1. The third kappa shape index (κ3) is 4.40. The van der Waals surface area contributed by atoms with Gasteiger partial charge in [-0.3, -0.25) is 4.79 Å². The van der Waals surface area contributed by atoms with Crippen molar-refractivity contribution < 1.29 is 4.79 Å². The maximum absolute atomic E-state index is 12.2. The Morgan fingerprint density at radius 1 is 1.41 bits per heavy atom. The molecule has 1 amide bonds. The van der Waals surface area contributed by atoms with Gasteiger partial charge in [-0.2, -0.15) is 5.26 Å². The topological polar surface area (TPSA) is 83.6 Å². The fourth-order valence-electron chi connectivity index (χ4n) is 2.45. The van der Waals surface area contributed by atoms with Crippen molar-refractivity contribution >= 4 is 45.3 Å². The number of anilines is 1. The number of nitriles is 1. The lowest BCUT2D eigenvalue weighted by Crippen LogP contribution is -2.14. The van der Waals surface area contributed by atoms with Gasteiger partial charge in [0.05, 0.1) is 11.3 Å². The van der Waals surface area contributed by atoms with Gasteiger partial charge in [0, 0.05) is 22.4 Å². The first kappa shape index (κ1) is 19.6. The van der Waals surface area contributed by atoms with Gasteiger partial charge in [0.1, 0.15) is 11.1 Å². The molecule has 0 aliphatic rings. The molecule has 140 valence electrons. The van der Waals surface area contributed by atoms with Gasteiger partial charge < -0.3 is 9.88 Å². The van der Waals surface area contributed by atoms with E-state index in [4.69, 9.17) is 5.26 Å². The highest BCUT2D eigenvalue weighted by Gasteiger charge is 2.17. The molecule has 0 saturated heterocycles. The zero-order chi connectivity index (χ0) is 19.4. The van der Waals surface area contributed by atoms with Crippen molar-refractivity contribution in [1.82, 2.24) is 14.8 Å². The zero-order valence-electron chi connectivity index (χ0n) is 15.2. The minimum atomic E-state index is -0.163. The SMILES string of the molecule is CCn1c(SCC(=O)Nc2sccc2C#N)nnc1-c1csc(C(C)C)c1. The molecule has 0 aromatic carbocycles. The lowest BCUT2D eigenvalue weighted by atomic mass is 10.1. The van der Waals surface area contributed by atoms with E-state index >= 15 is 0 Å². The summed E-state index contributed by atoms with van der Waals surface area (Å²) >= 11 is 4.42. The molecule has 3 rings (SSSR count). The van der Waals surface area contributed by atoms with Crippen LogP contribution in [0.2, 0.25) is 0 Å². The van der Waals surface area contributed by atoms with Crippen LogP contribution < -0.4 is 5.32 Å². The number of rotatable bonds is 7. The van der Waals surface area contributed by atoms with Crippen LogP contribution in [-0.4, -0.2) is 26.4 Å². The van der Waals surface area contributed by atoms with Crippen molar-refractivity contribution in [2.45, 2.75) is 38.4 Å². The molecule has 0 unspecified atom stereocenters. The smallest absolute Gasteiger partial charge is 0.235 e. The Morgan fingerprint density at radius 2 is 2.22 bits per heavy atom. The highest BCUT2D eigenvalue weighted by molar-refractivity contribution is 7.99. The van der Waals surface area contributed by atoms with E-state index in [1.807, 2.05) is 11.5 Å². The van der Waals surface area contributed by atoms with Crippen molar-refractivity contribution in [3.05, 3.63) is 33.3 Å². The number of carbonyl (C=O) groups is 1. The van der Waals surface area contributed by atoms with E-state index in [0.717, 1.165) is 17.9 Å². The van der Waals surface area contributed by atoms with Crippen molar-refractivity contribution in [3.63, 3.8) is 0 Å². The normalized spacial score (nSPS) is 10.9. The van der Waals surface area contributed by atoms with E-state index in [-0.39, 0.29) is 11.7 Å². The van der Waals surface area contributed by atoms with Crippen molar-refractivity contribution in [3.8, 4) is 17.5 Å². The maximum Gasteiger partial charge on any atom is 0.235 e. The standard InChI is InChI=1S/C18H19N5OS3/c1-4-23-16(13-7-14(11(2)3)26-9-13)21-22-18(23)27-10-15(24)20-17-12(8-19)5-6-25-17/h5-7,9,11H,4,10H2,1-3H3,(H,20,24).